The number of halogens is 1. The maximum absolute atomic E-state index is 12.2. The van der Waals surface area contributed by atoms with Gasteiger partial charge in [-0.1, -0.05) is 22.9 Å². The Hall–Kier alpha value is -2.77. The van der Waals surface area contributed by atoms with Crippen LogP contribution < -0.4 is 5.32 Å². The highest BCUT2D eigenvalue weighted by Crippen LogP contribution is 2.26. The molecule has 1 N–H and O–H groups in total. The SMILES string of the molecule is O=C(Nc1ccc(-c2nn3cnnc3s2)cc1)c1ccc(Cl)cc1. The standard InChI is InChI=1S/C16H10ClN5OS/c17-12-5-1-10(2-6-12)14(23)19-13-7-3-11(4-8-13)15-21-22-9-18-20-16(22)24-15/h1-9H,(H,19,23). The fourth-order valence-electron chi connectivity index (χ4n) is 2.18. The topological polar surface area (TPSA) is 72.2 Å². The third kappa shape index (κ3) is 2.86. The van der Waals surface area contributed by atoms with E-state index in [1.165, 1.54) is 11.3 Å². The molecule has 0 aliphatic rings. The lowest BCUT2D eigenvalue weighted by molar-refractivity contribution is 0.102. The van der Waals surface area contributed by atoms with Gasteiger partial charge in [0.2, 0.25) is 4.96 Å². The summed E-state index contributed by atoms with van der Waals surface area (Å²) in [5.74, 6) is -0.182. The molecule has 24 heavy (non-hydrogen) atoms. The molecule has 0 spiro atoms. The molecule has 6 nitrogen and oxygen atoms in total. The molecule has 118 valence electrons. The number of aromatic nitrogens is 4. The Bertz CT molecular complexity index is 979. The molecule has 8 heteroatoms. The fraction of sp³-hybridized carbons (Fsp3) is 0. The lowest BCUT2D eigenvalue weighted by Crippen LogP contribution is -2.11. The molecule has 2 aromatic heterocycles. The second-order valence-electron chi connectivity index (χ2n) is 5.00. The predicted molar refractivity (Wildman–Crippen MR) is 93.5 cm³/mol. The normalized spacial score (nSPS) is 10.9. The van der Waals surface area contributed by atoms with Crippen molar-refractivity contribution in [2.24, 2.45) is 0 Å². The maximum Gasteiger partial charge on any atom is 0.255 e. The molecule has 0 saturated heterocycles. The summed E-state index contributed by atoms with van der Waals surface area (Å²) in [6.07, 6.45) is 1.57. The minimum atomic E-state index is -0.182. The van der Waals surface area contributed by atoms with Gasteiger partial charge >= 0.3 is 0 Å². The summed E-state index contributed by atoms with van der Waals surface area (Å²) in [5, 5.41) is 16.4. The first-order valence-electron chi connectivity index (χ1n) is 7.03. The number of hydrogen-bond acceptors (Lipinski definition) is 5. The van der Waals surface area contributed by atoms with Crippen LogP contribution in [0.5, 0.6) is 0 Å². The number of hydrogen-bond donors (Lipinski definition) is 1. The second-order valence-corrected chi connectivity index (χ2v) is 6.40. The summed E-state index contributed by atoms with van der Waals surface area (Å²) in [6.45, 7) is 0. The Morgan fingerprint density at radius 1 is 1.08 bits per heavy atom. The molecule has 1 amide bonds. The number of rotatable bonds is 3. The number of amides is 1. The molecular formula is C16H10ClN5OS. The van der Waals surface area contributed by atoms with Crippen LogP contribution >= 0.6 is 22.9 Å². The molecule has 0 unspecified atom stereocenters. The number of benzene rings is 2. The highest BCUT2D eigenvalue weighted by Gasteiger charge is 2.09. The Morgan fingerprint density at radius 2 is 1.83 bits per heavy atom. The van der Waals surface area contributed by atoms with Gasteiger partial charge in [0.05, 0.1) is 0 Å². The van der Waals surface area contributed by atoms with E-state index in [2.05, 4.69) is 20.6 Å². The van der Waals surface area contributed by atoms with Gasteiger partial charge in [-0.3, -0.25) is 4.79 Å². The Balaban J connectivity index is 1.52. The minimum absolute atomic E-state index is 0.182. The monoisotopic (exact) mass is 355 g/mol. The number of nitrogens with zero attached hydrogens (tertiary/aromatic N) is 4. The average Bonchev–Trinajstić information content (AvgIpc) is 3.18. The van der Waals surface area contributed by atoms with Crippen molar-refractivity contribution in [3.8, 4) is 10.6 Å². The first kappa shape index (κ1) is 14.8. The van der Waals surface area contributed by atoms with Gasteiger partial charge in [0, 0.05) is 21.8 Å². The van der Waals surface area contributed by atoms with E-state index in [0.29, 0.717) is 16.3 Å². The summed E-state index contributed by atoms with van der Waals surface area (Å²) in [5.41, 5.74) is 2.22. The largest absolute Gasteiger partial charge is 0.322 e. The number of carbonyl (C=O) groups is 1. The van der Waals surface area contributed by atoms with Crippen LogP contribution in [0.3, 0.4) is 0 Å². The van der Waals surface area contributed by atoms with Crippen LogP contribution in [0.2, 0.25) is 5.02 Å². The molecule has 0 radical (unpaired) electrons. The van der Waals surface area contributed by atoms with E-state index in [9.17, 15) is 4.79 Å². The van der Waals surface area contributed by atoms with Gasteiger partial charge in [0.25, 0.3) is 5.91 Å². The number of nitrogens with one attached hydrogen (secondary N) is 1. The summed E-state index contributed by atoms with van der Waals surface area (Å²) >= 11 is 7.28. The lowest BCUT2D eigenvalue weighted by Gasteiger charge is -2.06. The van der Waals surface area contributed by atoms with Gasteiger partial charge in [0.15, 0.2) is 0 Å². The number of anilines is 1. The van der Waals surface area contributed by atoms with Crippen LogP contribution in [-0.4, -0.2) is 25.7 Å². The molecule has 0 fully saturated rings. The van der Waals surface area contributed by atoms with Crippen LogP contribution in [0.1, 0.15) is 10.4 Å². The predicted octanol–water partition coefficient (Wildman–Crippen LogP) is 3.76. The zero-order valence-corrected chi connectivity index (χ0v) is 13.8. The zero-order valence-electron chi connectivity index (χ0n) is 12.2. The van der Waals surface area contributed by atoms with Crippen LogP contribution in [0.4, 0.5) is 5.69 Å². The molecule has 0 saturated carbocycles. The van der Waals surface area contributed by atoms with Crippen molar-refractivity contribution in [3.63, 3.8) is 0 Å². The molecule has 0 bridgehead atoms. The summed E-state index contributed by atoms with van der Waals surface area (Å²) < 4.78 is 1.64. The van der Waals surface area contributed by atoms with Crippen molar-refractivity contribution in [2.45, 2.75) is 0 Å². The maximum atomic E-state index is 12.2. The number of carbonyl (C=O) groups excluding carboxylic acids is 1. The second kappa shape index (κ2) is 6.03. The van der Waals surface area contributed by atoms with Crippen LogP contribution in [-0.2, 0) is 0 Å². The van der Waals surface area contributed by atoms with E-state index >= 15 is 0 Å². The Kier molecular flexibility index (Phi) is 3.72. The van der Waals surface area contributed by atoms with Gasteiger partial charge in [-0.25, -0.2) is 0 Å². The highest BCUT2D eigenvalue weighted by molar-refractivity contribution is 7.19. The summed E-state index contributed by atoms with van der Waals surface area (Å²) in [7, 11) is 0. The van der Waals surface area contributed by atoms with Crippen molar-refractivity contribution in [2.75, 3.05) is 5.32 Å². The van der Waals surface area contributed by atoms with Gasteiger partial charge in [-0.2, -0.15) is 9.61 Å². The minimum Gasteiger partial charge on any atom is -0.322 e. The van der Waals surface area contributed by atoms with Gasteiger partial charge in [-0.15, -0.1) is 10.2 Å². The molecule has 0 aliphatic carbocycles. The molecule has 4 rings (SSSR count). The Labute approximate surface area is 145 Å². The van der Waals surface area contributed by atoms with Crippen LogP contribution in [0.25, 0.3) is 15.5 Å². The third-order valence-corrected chi connectivity index (χ3v) is 4.60. The first-order chi connectivity index (χ1) is 11.7. The van der Waals surface area contributed by atoms with E-state index in [4.69, 9.17) is 11.6 Å². The van der Waals surface area contributed by atoms with Crippen LogP contribution in [0.15, 0.2) is 54.9 Å². The summed E-state index contributed by atoms with van der Waals surface area (Å²) in [4.78, 5) is 12.9. The molecule has 2 heterocycles. The fourth-order valence-corrected chi connectivity index (χ4v) is 3.13. The lowest BCUT2D eigenvalue weighted by atomic mass is 10.2. The van der Waals surface area contributed by atoms with Crippen molar-refractivity contribution in [1.29, 1.82) is 0 Å². The van der Waals surface area contributed by atoms with Crippen molar-refractivity contribution >= 4 is 39.5 Å². The first-order valence-corrected chi connectivity index (χ1v) is 8.23. The van der Waals surface area contributed by atoms with E-state index in [1.54, 1.807) is 35.1 Å². The van der Waals surface area contributed by atoms with E-state index in [0.717, 1.165) is 15.5 Å². The zero-order chi connectivity index (χ0) is 16.5. The smallest absolute Gasteiger partial charge is 0.255 e. The number of fused-ring (bicyclic) bond motifs is 1. The molecular weight excluding hydrogens is 346 g/mol. The van der Waals surface area contributed by atoms with Gasteiger partial charge in [0.1, 0.15) is 11.3 Å². The van der Waals surface area contributed by atoms with Crippen molar-refractivity contribution < 1.29 is 4.79 Å². The average molecular weight is 356 g/mol. The van der Waals surface area contributed by atoms with Crippen LogP contribution in [0, 0.1) is 0 Å². The third-order valence-electron chi connectivity index (χ3n) is 3.38. The quantitative estimate of drug-likeness (QED) is 0.607. The van der Waals surface area contributed by atoms with E-state index < -0.39 is 0 Å². The van der Waals surface area contributed by atoms with Crippen molar-refractivity contribution in [1.82, 2.24) is 19.8 Å². The van der Waals surface area contributed by atoms with Gasteiger partial charge in [-0.05, 0) is 48.5 Å². The van der Waals surface area contributed by atoms with E-state index in [1.807, 2.05) is 24.3 Å². The Morgan fingerprint density at radius 3 is 2.54 bits per heavy atom. The molecule has 0 atom stereocenters. The van der Waals surface area contributed by atoms with E-state index in [-0.39, 0.29) is 5.91 Å². The highest BCUT2D eigenvalue weighted by atomic mass is 35.5. The van der Waals surface area contributed by atoms with Crippen molar-refractivity contribution in [3.05, 3.63) is 65.4 Å². The molecule has 0 aliphatic heterocycles. The molecule has 2 aromatic carbocycles. The summed E-state index contributed by atoms with van der Waals surface area (Å²) in [6, 6.07) is 14.2. The molecule has 4 aromatic rings. The van der Waals surface area contributed by atoms with Gasteiger partial charge < -0.3 is 5.32 Å².